The molecule has 8 nitrogen and oxygen atoms in total. The van der Waals surface area contributed by atoms with Crippen molar-refractivity contribution in [2.45, 2.75) is 96.6 Å². The maximum absolute atomic E-state index is 15.0. The zero-order valence-electron chi connectivity index (χ0n) is 23.9. The molecule has 4 atom stereocenters. The Morgan fingerprint density at radius 3 is 2.33 bits per heavy atom. The number of carboxylic acid groups (broad SMARTS) is 1. The fraction of sp³-hybridized carbons (Fsp3) is 0.710. The number of benzene rings is 1. The van der Waals surface area contributed by atoms with E-state index in [2.05, 4.69) is 17.6 Å². The third kappa shape index (κ3) is 5.93. The molecule has 4 aliphatic rings. The molecule has 4 aliphatic carbocycles. The van der Waals surface area contributed by atoms with E-state index in [-0.39, 0.29) is 70.1 Å². The van der Waals surface area contributed by atoms with Gasteiger partial charge in [0.25, 0.3) is 5.91 Å². The number of fused-ring (bicyclic) bond motifs is 2. The lowest BCUT2D eigenvalue weighted by Gasteiger charge is -2.39. The molecule has 9 heteroatoms. The van der Waals surface area contributed by atoms with Gasteiger partial charge in [-0.3, -0.25) is 14.4 Å². The van der Waals surface area contributed by atoms with Crippen molar-refractivity contribution in [3.8, 4) is 11.5 Å². The number of carbonyl (C=O) groups is 3. The zero-order valence-corrected chi connectivity index (χ0v) is 23.9. The molecule has 1 aromatic rings. The molecular formula is C31H43FN2O6. The van der Waals surface area contributed by atoms with Crippen molar-refractivity contribution in [1.82, 2.24) is 10.6 Å². The minimum atomic E-state index is -0.818. The molecule has 4 unspecified atom stereocenters. The first-order chi connectivity index (χ1) is 19.0. The maximum Gasteiger partial charge on any atom is 0.303 e. The normalized spacial score (nSPS) is 32.1. The van der Waals surface area contributed by atoms with Gasteiger partial charge in [-0.25, -0.2) is 4.39 Å². The lowest BCUT2D eigenvalue weighted by atomic mass is 9.70. The number of amides is 2. The van der Waals surface area contributed by atoms with E-state index in [0.29, 0.717) is 32.2 Å². The van der Waals surface area contributed by atoms with Crippen LogP contribution in [-0.2, 0) is 9.59 Å². The van der Waals surface area contributed by atoms with Crippen molar-refractivity contribution in [2.75, 3.05) is 13.7 Å². The van der Waals surface area contributed by atoms with Gasteiger partial charge in [0.05, 0.1) is 31.1 Å². The second kappa shape index (κ2) is 11.2. The standard InChI is InChI=1S/C31H43FN2O6/c1-30(16-25(35)36)11-7-20(8-12-30)40-24-14-21(23(39-3)15-22(24)32)28(37)34-27-19-6-5-18(13-19)26(27)29(38)33-17-31(2)9-4-10-31/h14-15,18-20,26-27H,4-13,16-17H2,1-3H3,(H,33,38)(H,34,37)(H,35,36). The van der Waals surface area contributed by atoms with Gasteiger partial charge >= 0.3 is 5.97 Å². The average Bonchev–Trinajstić information content (AvgIpc) is 3.50. The van der Waals surface area contributed by atoms with E-state index in [1.807, 2.05) is 6.92 Å². The van der Waals surface area contributed by atoms with Crippen LogP contribution in [0.4, 0.5) is 4.39 Å². The van der Waals surface area contributed by atoms with Gasteiger partial charge in [-0.2, -0.15) is 0 Å². The number of rotatable bonds is 10. The third-order valence-electron chi connectivity index (χ3n) is 10.3. The first-order valence-electron chi connectivity index (χ1n) is 14.8. The Kier molecular flexibility index (Phi) is 8.03. The highest BCUT2D eigenvalue weighted by molar-refractivity contribution is 5.98. The highest BCUT2D eigenvalue weighted by Gasteiger charge is 2.51. The van der Waals surface area contributed by atoms with Gasteiger partial charge in [0.15, 0.2) is 11.6 Å². The van der Waals surface area contributed by atoms with E-state index in [1.165, 1.54) is 25.7 Å². The van der Waals surface area contributed by atoms with Crippen molar-refractivity contribution in [2.24, 2.45) is 28.6 Å². The molecule has 5 rings (SSSR count). The van der Waals surface area contributed by atoms with Crippen molar-refractivity contribution in [3.05, 3.63) is 23.5 Å². The van der Waals surface area contributed by atoms with Crippen LogP contribution in [0.5, 0.6) is 11.5 Å². The van der Waals surface area contributed by atoms with E-state index >= 15 is 4.39 Å². The lowest BCUT2D eigenvalue weighted by Crippen LogP contribution is -2.51. The first-order valence-corrected chi connectivity index (χ1v) is 14.8. The predicted molar refractivity (Wildman–Crippen MR) is 147 cm³/mol. The Labute approximate surface area is 235 Å². The van der Waals surface area contributed by atoms with Gasteiger partial charge in [0, 0.05) is 18.7 Å². The Bertz CT molecular complexity index is 1140. The molecule has 2 bridgehead atoms. The number of halogens is 1. The molecular weight excluding hydrogens is 515 g/mol. The second-order valence-electron chi connectivity index (χ2n) is 13.4. The summed E-state index contributed by atoms with van der Waals surface area (Å²) in [7, 11) is 1.39. The van der Waals surface area contributed by atoms with Gasteiger partial charge in [-0.1, -0.05) is 20.3 Å². The smallest absolute Gasteiger partial charge is 0.303 e. The van der Waals surface area contributed by atoms with E-state index < -0.39 is 17.7 Å². The number of hydrogen-bond donors (Lipinski definition) is 3. The average molecular weight is 559 g/mol. The molecule has 0 radical (unpaired) electrons. The monoisotopic (exact) mass is 558 g/mol. The lowest BCUT2D eigenvalue weighted by molar-refractivity contribution is -0.140. The summed E-state index contributed by atoms with van der Waals surface area (Å²) >= 11 is 0. The van der Waals surface area contributed by atoms with Crippen LogP contribution in [0.2, 0.25) is 0 Å². The van der Waals surface area contributed by atoms with Crippen LogP contribution in [0.25, 0.3) is 0 Å². The fourth-order valence-electron chi connectivity index (χ4n) is 7.58. The minimum Gasteiger partial charge on any atom is -0.496 e. The molecule has 40 heavy (non-hydrogen) atoms. The highest BCUT2D eigenvalue weighted by Crippen LogP contribution is 2.49. The molecule has 1 aromatic carbocycles. The number of methoxy groups -OCH3 is 1. The summed E-state index contributed by atoms with van der Waals surface area (Å²) in [4.78, 5) is 38.1. The van der Waals surface area contributed by atoms with Crippen LogP contribution >= 0.6 is 0 Å². The first kappa shape index (κ1) is 28.7. The fourth-order valence-corrected chi connectivity index (χ4v) is 7.58. The van der Waals surface area contributed by atoms with E-state index in [9.17, 15) is 19.5 Å². The highest BCUT2D eigenvalue weighted by atomic mass is 19.1. The minimum absolute atomic E-state index is 0.0197. The molecule has 0 spiro atoms. The van der Waals surface area contributed by atoms with Gasteiger partial charge in [-0.05, 0) is 86.5 Å². The summed E-state index contributed by atoms with van der Waals surface area (Å²) in [6.07, 6.45) is 8.75. The number of carboxylic acids is 1. The molecule has 4 saturated carbocycles. The van der Waals surface area contributed by atoms with Crippen LogP contribution in [-0.4, -0.2) is 48.7 Å². The summed E-state index contributed by atoms with van der Waals surface area (Å²) in [5.41, 5.74) is 0.0557. The second-order valence-corrected chi connectivity index (χ2v) is 13.4. The Balaban J connectivity index is 1.27. The molecule has 220 valence electrons. The van der Waals surface area contributed by atoms with E-state index in [4.69, 9.17) is 9.47 Å². The van der Waals surface area contributed by atoms with E-state index in [1.54, 1.807) is 0 Å². The molecule has 4 fully saturated rings. The van der Waals surface area contributed by atoms with Crippen LogP contribution in [0.1, 0.15) is 94.8 Å². The van der Waals surface area contributed by atoms with Crippen molar-refractivity contribution in [3.63, 3.8) is 0 Å². The van der Waals surface area contributed by atoms with Crippen LogP contribution < -0.4 is 20.1 Å². The number of aliphatic carboxylic acids is 1. The Hall–Kier alpha value is -2.84. The summed E-state index contributed by atoms with van der Waals surface area (Å²) in [5.74, 6) is -1.49. The summed E-state index contributed by atoms with van der Waals surface area (Å²) in [6, 6.07) is 2.30. The SMILES string of the molecule is COc1cc(F)c(OC2CCC(C)(CC(=O)O)CC2)cc1C(=O)NC1C2CCC(C2)C1C(=O)NCC1(C)CCC1. The summed E-state index contributed by atoms with van der Waals surface area (Å²) < 4.78 is 26.4. The predicted octanol–water partition coefficient (Wildman–Crippen LogP) is 5.09. The molecule has 0 aliphatic heterocycles. The molecule has 0 aromatic heterocycles. The number of nitrogens with one attached hydrogen (secondary N) is 2. The third-order valence-corrected chi connectivity index (χ3v) is 10.3. The number of carbonyl (C=O) groups excluding carboxylic acids is 2. The molecule has 3 N–H and O–H groups in total. The Morgan fingerprint density at radius 2 is 1.70 bits per heavy atom. The van der Waals surface area contributed by atoms with Gasteiger partial charge < -0.3 is 25.2 Å². The summed E-state index contributed by atoms with van der Waals surface area (Å²) in [6.45, 7) is 4.84. The molecule has 0 saturated heterocycles. The van der Waals surface area contributed by atoms with Crippen molar-refractivity contribution >= 4 is 17.8 Å². The van der Waals surface area contributed by atoms with Gasteiger partial charge in [0.2, 0.25) is 5.91 Å². The Morgan fingerprint density at radius 1 is 1.00 bits per heavy atom. The van der Waals surface area contributed by atoms with E-state index in [0.717, 1.165) is 32.1 Å². The number of ether oxygens (including phenoxy) is 2. The van der Waals surface area contributed by atoms with Crippen LogP contribution in [0.15, 0.2) is 12.1 Å². The van der Waals surface area contributed by atoms with Crippen molar-refractivity contribution in [1.29, 1.82) is 0 Å². The number of hydrogen-bond acceptors (Lipinski definition) is 5. The molecule has 0 heterocycles. The maximum atomic E-state index is 15.0. The summed E-state index contributed by atoms with van der Waals surface area (Å²) in [5, 5.41) is 15.5. The molecule has 2 amide bonds. The van der Waals surface area contributed by atoms with Crippen LogP contribution in [0.3, 0.4) is 0 Å². The van der Waals surface area contributed by atoms with Gasteiger partial charge in [0.1, 0.15) is 5.75 Å². The largest absolute Gasteiger partial charge is 0.496 e. The quantitative estimate of drug-likeness (QED) is 0.369. The van der Waals surface area contributed by atoms with Crippen molar-refractivity contribution < 1.29 is 33.4 Å². The van der Waals surface area contributed by atoms with Crippen LogP contribution in [0, 0.1) is 34.4 Å². The zero-order chi connectivity index (χ0) is 28.7. The topological polar surface area (TPSA) is 114 Å². The van der Waals surface area contributed by atoms with Gasteiger partial charge in [-0.15, -0.1) is 0 Å².